The van der Waals surface area contributed by atoms with Crippen LogP contribution >= 0.6 is 0 Å². The molecule has 142 valence electrons. The van der Waals surface area contributed by atoms with Crippen LogP contribution in [0.1, 0.15) is 46.5 Å². The summed E-state index contributed by atoms with van der Waals surface area (Å²) in [5.41, 5.74) is -0.582. The molecule has 25 heavy (non-hydrogen) atoms. The highest BCUT2D eigenvalue weighted by Crippen LogP contribution is 2.41. The van der Waals surface area contributed by atoms with Gasteiger partial charge in [-0.15, -0.1) is 0 Å². The van der Waals surface area contributed by atoms with Crippen LogP contribution in [-0.2, 0) is 9.47 Å². The highest BCUT2D eigenvalue weighted by atomic mass is 19.3. The Labute approximate surface area is 146 Å². The second-order valence-electron chi connectivity index (χ2n) is 8.63. The maximum atomic E-state index is 13.1. The molecule has 3 rings (SSSR count). The molecule has 8 heteroatoms. The lowest BCUT2D eigenvalue weighted by Crippen LogP contribution is -2.74. The molecule has 0 N–H and O–H groups in total. The van der Waals surface area contributed by atoms with E-state index >= 15 is 0 Å². The molecule has 2 aliphatic heterocycles. The summed E-state index contributed by atoms with van der Waals surface area (Å²) in [7, 11) is 0. The van der Waals surface area contributed by atoms with Crippen molar-refractivity contribution >= 4 is 12.2 Å². The summed E-state index contributed by atoms with van der Waals surface area (Å²) < 4.78 is 36.9. The molecule has 1 spiro atoms. The van der Waals surface area contributed by atoms with Gasteiger partial charge in [0.05, 0.1) is 0 Å². The lowest BCUT2D eigenvalue weighted by atomic mass is 9.73. The van der Waals surface area contributed by atoms with E-state index in [9.17, 15) is 18.4 Å². The highest BCUT2D eigenvalue weighted by Gasteiger charge is 2.56. The fourth-order valence-corrected chi connectivity index (χ4v) is 3.66. The average Bonchev–Trinajstić information content (AvgIpc) is 2.36. The summed E-state index contributed by atoms with van der Waals surface area (Å²) in [4.78, 5) is 27.3. The molecule has 2 saturated heterocycles. The number of halogens is 2. The van der Waals surface area contributed by atoms with Crippen LogP contribution in [0, 0.1) is 5.41 Å². The van der Waals surface area contributed by atoms with Crippen LogP contribution < -0.4 is 0 Å². The summed E-state index contributed by atoms with van der Waals surface area (Å²) in [6.07, 6.45) is -1.20. The number of carbonyl (C=O) groups excluding carboxylic acids is 2. The number of hydrogen-bond donors (Lipinski definition) is 0. The predicted octanol–water partition coefficient (Wildman–Crippen LogP) is 3.25. The second kappa shape index (κ2) is 5.99. The first kappa shape index (κ1) is 18.2. The van der Waals surface area contributed by atoms with Crippen molar-refractivity contribution < 1.29 is 27.8 Å². The van der Waals surface area contributed by atoms with E-state index in [0.717, 1.165) is 0 Å². The van der Waals surface area contributed by atoms with Gasteiger partial charge in [0, 0.05) is 44.4 Å². The highest BCUT2D eigenvalue weighted by molar-refractivity contribution is 5.72. The average molecular weight is 360 g/mol. The van der Waals surface area contributed by atoms with Gasteiger partial charge in [-0.25, -0.2) is 18.4 Å². The van der Waals surface area contributed by atoms with Crippen LogP contribution in [0.3, 0.4) is 0 Å². The van der Waals surface area contributed by atoms with E-state index in [1.54, 1.807) is 9.80 Å². The second-order valence-corrected chi connectivity index (χ2v) is 8.63. The molecule has 3 aliphatic rings. The lowest BCUT2D eigenvalue weighted by molar-refractivity contribution is -0.113. The summed E-state index contributed by atoms with van der Waals surface area (Å²) in [6.45, 7) is 7.68. The number of rotatable bonds is 1. The van der Waals surface area contributed by atoms with Crippen molar-refractivity contribution in [2.24, 2.45) is 5.41 Å². The standard InChI is InChI=1S/C17H26F2N2O4/c1-15(2,3)25-14(23)21-10-16(11-21)8-20(9-16)13(22)24-12-4-6-17(18,19)7-5-12/h12H,4-11H2,1-3H3. The normalized spacial score (nSPS) is 25.2. The summed E-state index contributed by atoms with van der Waals surface area (Å²) in [6, 6.07) is 0. The van der Waals surface area contributed by atoms with Crippen LogP contribution in [0.5, 0.6) is 0 Å². The number of ether oxygens (including phenoxy) is 2. The summed E-state index contributed by atoms with van der Waals surface area (Å²) in [5.74, 6) is -2.62. The molecule has 0 aromatic carbocycles. The zero-order valence-corrected chi connectivity index (χ0v) is 15.0. The van der Waals surface area contributed by atoms with E-state index in [2.05, 4.69) is 0 Å². The molecule has 0 aromatic heterocycles. The molecular weight excluding hydrogens is 334 g/mol. The molecule has 0 atom stereocenters. The number of nitrogens with zero attached hydrogens (tertiary/aromatic N) is 2. The zero-order chi connectivity index (χ0) is 18.5. The van der Waals surface area contributed by atoms with Crippen LogP contribution in [-0.4, -0.2) is 65.8 Å². The Morgan fingerprint density at radius 3 is 1.92 bits per heavy atom. The predicted molar refractivity (Wildman–Crippen MR) is 85.5 cm³/mol. The number of amides is 2. The molecule has 1 saturated carbocycles. The third kappa shape index (κ3) is 4.15. The van der Waals surface area contributed by atoms with Gasteiger partial charge in [0.1, 0.15) is 11.7 Å². The molecule has 2 amide bonds. The monoisotopic (exact) mass is 360 g/mol. The van der Waals surface area contributed by atoms with Crippen LogP contribution in [0.4, 0.5) is 18.4 Å². The molecule has 2 heterocycles. The van der Waals surface area contributed by atoms with Gasteiger partial charge in [0.2, 0.25) is 5.92 Å². The maximum Gasteiger partial charge on any atom is 0.410 e. The molecule has 0 radical (unpaired) electrons. The Morgan fingerprint density at radius 1 is 0.960 bits per heavy atom. The van der Waals surface area contributed by atoms with E-state index < -0.39 is 23.7 Å². The SMILES string of the molecule is CC(C)(C)OC(=O)N1CC2(CN(C(=O)OC3CCC(F)(F)CC3)C2)C1. The lowest BCUT2D eigenvalue weighted by Gasteiger charge is -2.59. The van der Waals surface area contributed by atoms with E-state index in [0.29, 0.717) is 26.2 Å². The number of carbonyl (C=O) groups is 2. The summed E-state index contributed by atoms with van der Waals surface area (Å²) >= 11 is 0. The number of alkyl halides is 2. The molecule has 3 fully saturated rings. The van der Waals surface area contributed by atoms with E-state index in [1.807, 2.05) is 20.8 Å². The third-order valence-electron chi connectivity index (χ3n) is 4.95. The third-order valence-corrected chi connectivity index (χ3v) is 4.95. The minimum absolute atomic E-state index is 0.0600. The van der Waals surface area contributed by atoms with Crippen LogP contribution in [0.15, 0.2) is 0 Å². The zero-order valence-electron chi connectivity index (χ0n) is 15.0. The van der Waals surface area contributed by atoms with Crippen molar-refractivity contribution in [1.29, 1.82) is 0 Å². The van der Waals surface area contributed by atoms with E-state index in [4.69, 9.17) is 9.47 Å². The van der Waals surface area contributed by atoms with Gasteiger partial charge in [-0.3, -0.25) is 0 Å². The molecular formula is C17H26F2N2O4. The van der Waals surface area contributed by atoms with E-state index in [1.165, 1.54) is 0 Å². The Balaban J connectivity index is 1.37. The number of likely N-dealkylation sites (tertiary alicyclic amines) is 2. The minimum atomic E-state index is -2.62. The first-order valence-corrected chi connectivity index (χ1v) is 8.78. The van der Waals surface area contributed by atoms with Gasteiger partial charge in [-0.1, -0.05) is 0 Å². The largest absolute Gasteiger partial charge is 0.446 e. The molecule has 0 bridgehead atoms. The van der Waals surface area contributed by atoms with Crippen molar-refractivity contribution in [2.45, 2.75) is 64.1 Å². The fourth-order valence-electron chi connectivity index (χ4n) is 3.66. The van der Waals surface area contributed by atoms with Crippen molar-refractivity contribution in [3.05, 3.63) is 0 Å². The van der Waals surface area contributed by atoms with Crippen molar-refractivity contribution in [3.8, 4) is 0 Å². The topological polar surface area (TPSA) is 59.1 Å². The van der Waals surface area contributed by atoms with Crippen LogP contribution in [0.25, 0.3) is 0 Å². The molecule has 0 unspecified atom stereocenters. The van der Waals surface area contributed by atoms with Crippen LogP contribution in [0.2, 0.25) is 0 Å². The van der Waals surface area contributed by atoms with Gasteiger partial charge in [-0.2, -0.15) is 0 Å². The van der Waals surface area contributed by atoms with E-state index in [-0.39, 0.29) is 37.2 Å². The maximum absolute atomic E-state index is 13.1. The van der Waals surface area contributed by atoms with Gasteiger partial charge in [0.15, 0.2) is 0 Å². The Morgan fingerprint density at radius 2 is 1.44 bits per heavy atom. The van der Waals surface area contributed by atoms with Gasteiger partial charge < -0.3 is 19.3 Å². The van der Waals surface area contributed by atoms with Gasteiger partial charge in [-0.05, 0) is 33.6 Å². The summed E-state index contributed by atoms with van der Waals surface area (Å²) in [5, 5.41) is 0. The first-order valence-electron chi connectivity index (χ1n) is 8.78. The Hall–Kier alpha value is -1.60. The molecule has 1 aliphatic carbocycles. The molecule has 0 aromatic rings. The van der Waals surface area contributed by atoms with Crippen molar-refractivity contribution in [2.75, 3.05) is 26.2 Å². The number of hydrogen-bond acceptors (Lipinski definition) is 4. The Bertz CT molecular complexity index is 537. The minimum Gasteiger partial charge on any atom is -0.446 e. The van der Waals surface area contributed by atoms with Crippen molar-refractivity contribution in [1.82, 2.24) is 9.80 Å². The first-order chi connectivity index (χ1) is 11.5. The molecule has 6 nitrogen and oxygen atoms in total. The fraction of sp³-hybridized carbons (Fsp3) is 0.882. The van der Waals surface area contributed by atoms with Gasteiger partial charge >= 0.3 is 12.2 Å². The van der Waals surface area contributed by atoms with Gasteiger partial charge in [0.25, 0.3) is 0 Å². The van der Waals surface area contributed by atoms with Crippen molar-refractivity contribution in [3.63, 3.8) is 0 Å². The smallest absolute Gasteiger partial charge is 0.410 e. The Kier molecular flexibility index (Phi) is 4.36. The quantitative estimate of drug-likeness (QED) is 0.720.